The molecule has 25 heavy (non-hydrogen) atoms. The number of carbonyl (C=O) groups excluding carboxylic acids is 3. The molecule has 0 aliphatic heterocycles. The second-order valence-corrected chi connectivity index (χ2v) is 6.27. The second-order valence-electron chi connectivity index (χ2n) is 6.27. The number of carbonyl (C=O) groups is 3. The fraction of sp³-hybridized carbons (Fsp3) is 0.526. The lowest BCUT2D eigenvalue weighted by atomic mass is 10.0. The molecule has 0 radical (unpaired) electrons. The van der Waals surface area contributed by atoms with Crippen molar-refractivity contribution in [1.82, 2.24) is 5.32 Å². The van der Waals surface area contributed by atoms with E-state index in [1.54, 1.807) is 31.2 Å². The van der Waals surface area contributed by atoms with Crippen molar-refractivity contribution in [3.05, 3.63) is 29.8 Å². The number of anilines is 1. The van der Waals surface area contributed by atoms with Crippen LogP contribution in [-0.4, -0.2) is 30.9 Å². The lowest BCUT2D eigenvalue weighted by molar-refractivity contribution is -0.134. The molecule has 0 unspecified atom stereocenters. The summed E-state index contributed by atoms with van der Waals surface area (Å²) in [7, 11) is 0. The van der Waals surface area contributed by atoms with Gasteiger partial charge >= 0.3 is 5.97 Å². The third-order valence-corrected chi connectivity index (χ3v) is 4.36. The van der Waals surface area contributed by atoms with Crippen LogP contribution in [0.1, 0.15) is 56.3 Å². The Morgan fingerprint density at radius 2 is 1.80 bits per heavy atom. The van der Waals surface area contributed by atoms with E-state index >= 15 is 0 Å². The van der Waals surface area contributed by atoms with Crippen LogP contribution < -0.4 is 10.6 Å². The Morgan fingerprint density at radius 3 is 2.44 bits per heavy atom. The van der Waals surface area contributed by atoms with Crippen LogP contribution >= 0.6 is 0 Å². The zero-order valence-corrected chi connectivity index (χ0v) is 14.9. The molecule has 0 atom stereocenters. The number of hydrogen-bond acceptors (Lipinski definition) is 4. The first-order valence-electron chi connectivity index (χ1n) is 8.91. The lowest BCUT2D eigenvalue weighted by Crippen LogP contribution is -2.40. The van der Waals surface area contributed by atoms with Gasteiger partial charge in [0, 0.05) is 6.54 Å². The van der Waals surface area contributed by atoms with Crippen LogP contribution in [0.25, 0.3) is 0 Å². The molecule has 1 aromatic carbocycles. The van der Waals surface area contributed by atoms with Crippen LogP contribution in [-0.2, 0) is 14.3 Å². The molecule has 1 aromatic rings. The summed E-state index contributed by atoms with van der Waals surface area (Å²) in [4.78, 5) is 37.0. The van der Waals surface area contributed by atoms with Gasteiger partial charge in [0.15, 0.2) is 0 Å². The minimum atomic E-state index is -1.01. The van der Waals surface area contributed by atoms with Gasteiger partial charge in [0.1, 0.15) is 5.41 Å². The summed E-state index contributed by atoms with van der Waals surface area (Å²) in [5.41, 5.74) is -0.346. The van der Waals surface area contributed by atoms with E-state index in [-0.39, 0.29) is 24.0 Å². The first kappa shape index (κ1) is 19.0. The Hall–Kier alpha value is -2.37. The van der Waals surface area contributed by atoms with Crippen LogP contribution in [0.15, 0.2) is 24.3 Å². The standard InChI is InChI=1S/C19H26N2O4/c1-3-5-8-13-20-17(23)19(11-12-19)18(24)21-15-10-7-6-9-14(15)16(22)25-4-2/h6-7,9-10H,3-5,8,11-13H2,1-2H3,(H,20,23)(H,21,24). The van der Waals surface area contributed by atoms with Crippen LogP contribution in [0.3, 0.4) is 0 Å². The third-order valence-electron chi connectivity index (χ3n) is 4.36. The topological polar surface area (TPSA) is 84.5 Å². The van der Waals surface area contributed by atoms with Gasteiger partial charge in [-0.3, -0.25) is 9.59 Å². The zero-order chi connectivity index (χ0) is 18.3. The molecule has 1 aliphatic carbocycles. The van der Waals surface area contributed by atoms with Crippen LogP contribution in [0.4, 0.5) is 5.69 Å². The highest BCUT2D eigenvalue weighted by Gasteiger charge is 2.56. The minimum Gasteiger partial charge on any atom is -0.462 e. The van der Waals surface area contributed by atoms with Gasteiger partial charge in [-0.05, 0) is 38.3 Å². The van der Waals surface area contributed by atoms with Crippen LogP contribution in [0.5, 0.6) is 0 Å². The maximum atomic E-state index is 12.6. The highest BCUT2D eigenvalue weighted by molar-refractivity contribution is 6.14. The largest absolute Gasteiger partial charge is 0.462 e. The molecule has 0 spiro atoms. The zero-order valence-electron chi connectivity index (χ0n) is 14.9. The van der Waals surface area contributed by atoms with Crippen LogP contribution in [0, 0.1) is 5.41 Å². The van der Waals surface area contributed by atoms with E-state index in [4.69, 9.17) is 4.74 Å². The fourth-order valence-electron chi connectivity index (χ4n) is 2.65. The molecule has 1 saturated carbocycles. The number of unbranched alkanes of at least 4 members (excludes halogenated alkanes) is 2. The number of esters is 1. The molecule has 136 valence electrons. The highest BCUT2D eigenvalue weighted by atomic mass is 16.5. The smallest absolute Gasteiger partial charge is 0.340 e. The van der Waals surface area contributed by atoms with Gasteiger partial charge in [0.05, 0.1) is 17.9 Å². The second kappa shape index (κ2) is 8.65. The summed E-state index contributed by atoms with van der Waals surface area (Å²) in [5, 5.41) is 5.59. The quantitative estimate of drug-likeness (QED) is 0.409. The molecular formula is C19H26N2O4. The summed E-state index contributed by atoms with van der Waals surface area (Å²) in [6.07, 6.45) is 4.09. The number of ether oxygens (including phenoxy) is 1. The van der Waals surface area contributed by atoms with E-state index in [2.05, 4.69) is 17.6 Å². The Balaban J connectivity index is 2.02. The van der Waals surface area contributed by atoms with Gasteiger partial charge in [-0.25, -0.2) is 4.79 Å². The molecule has 6 heteroatoms. The maximum absolute atomic E-state index is 12.6. The van der Waals surface area contributed by atoms with Gasteiger partial charge in [0.25, 0.3) is 0 Å². The lowest BCUT2D eigenvalue weighted by Gasteiger charge is -2.17. The first-order chi connectivity index (χ1) is 12.0. The monoisotopic (exact) mass is 346 g/mol. The van der Waals surface area contributed by atoms with Crippen molar-refractivity contribution in [3.63, 3.8) is 0 Å². The van der Waals surface area contributed by atoms with Crippen LogP contribution in [0.2, 0.25) is 0 Å². The molecule has 0 bridgehead atoms. The van der Waals surface area contributed by atoms with E-state index in [1.165, 1.54) is 0 Å². The van der Waals surface area contributed by atoms with E-state index in [0.29, 0.717) is 25.1 Å². The molecule has 0 heterocycles. The summed E-state index contributed by atoms with van der Waals surface area (Å²) in [5.74, 6) is -1.08. The van der Waals surface area contributed by atoms with E-state index in [0.717, 1.165) is 19.3 Å². The Bertz CT molecular complexity index is 638. The van der Waals surface area contributed by atoms with Gasteiger partial charge in [-0.15, -0.1) is 0 Å². The van der Waals surface area contributed by atoms with Crippen molar-refractivity contribution in [3.8, 4) is 0 Å². The predicted octanol–water partition coefficient (Wildman–Crippen LogP) is 2.89. The number of amides is 2. The SMILES string of the molecule is CCCCCNC(=O)C1(C(=O)Nc2ccccc2C(=O)OCC)CC1. The normalized spacial score (nSPS) is 14.5. The Kier molecular flexibility index (Phi) is 6.56. The predicted molar refractivity (Wildman–Crippen MR) is 95.2 cm³/mol. The average Bonchev–Trinajstić information content (AvgIpc) is 3.41. The summed E-state index contributed by atoms with van der Waals surface area (Å²) in [6.45, 7) is 4.66. The molecule has 2 amide bonds. The van der Waals surface area contributed by atoms with E-state index < -0.39 is 11.4 Å². The van der Waals surface area contributed by atoms with Gasteiger partial charge in [-0.2, -0.15) is 0 Å². The van der Waals surface area contributed by atoms with E-state index in [9.17, 15) is 14.4 Å². The number of benzene rings is 1. The highest BCUT2D eigenvalue weighted by Crippen LogP contribution is 2.47. The molecule has 0 saturated heterocycles. The van der Waals surface area contributed by atoms with Crippen molar-refractivity contribution in [2.45, 2.75) is 46.0 Å². The summed E-state index contributed by atoms with van der Waals surface area (Å²) in [6, 6.07) is 6.66. The van der Waals surface area contributed by atoms with Crippen molar-refractivity contribution >= 4 is 23.5 Å². The minimum absolute atomic E-state index is 0.227. The molecule has 6 nitrogen and oxygen atoms in total. The van der Waals surface area contributed by atoms with Crippen molar-refractivity contribution in [2.24, 2.45) is 5.41 Å². The van der Waals surface area contributed by atoms with Gasteiger partial charge in [-0.1, -0.05) is 31.9 Å². The van der Waals surface area contributed by atoms with Crippen molar-refractivity contribution in [1.29, 1.82) is 0 Å². The number of hydrogen-bond donors (Lipinski definition) is 2. The third kappa shape index (κ3) is 4.59. The van der Waals surface area contributed by atoms with Gasteiger partial charge in [0.2, 0.25) is 11.8 Å². The maximum Gasteiger partial charge on any atom is 0.340 e. The summed E-state index contributed by atoms with van der Waals surface area (Å²) < 4.78 is 5.01. The summed E-state index contributed by atoms with van der Waals surface area (Å²) >= 11 is 0. The molecule has 1 aliphatic rings. The first-order valence-corrected chi connectivity index (χ1v) is 8.91. The average molecular weight is 346 g/mol. The Labute approximate surface area is 148 Å². The molecule has 2 N–H and O–H groups in total. The number of rotatable bonds is 9. The number of nitrogens with one attached hydrogen (secondary N) is 2. The molecule has 2 rings (SSSR count). The number of para-hydroxylation sites is 1. The van der Waals surface area contributed by atoms with Gasteiger partial charge < -0.3 is 15.4 Å². The molecular weight excluding hydrogens is 320 g/mol. The van der Waals surface area contributed by atoms with Crippen molar-refractivity contribution < 1.29 is 19.1 Å². The fourth-order valence-corrected chi connectivity index (χ4v) is 2.65. The molecule has 1 fully saturated rings. The Morgan fingerprint density at radius 1 is 1.08 bits per heavy atom. The van der Waals surface area contributed by atoms with E-state index in [1.807, 2.05) is 0 Å². The van der Waals surface area contributed by atoms with Crippen molar-refractivity contribution in [2.75, 3.05) is 18.5 Å². The molecule has 0 aromatic heterocycles.